The summed E-state index contributed by atoms with van der Waals surface area (Å²) in [6.45, 7) is 0. The number of fused-ring (bicyclic) bond motifs is 2. The number of nitrogens with one attached hydrogen (secondary N) is 1. The lowest BCUT2D eigenvalue weighted by atomic mass is 10.3. The second kappa shape index (κ2) is 6.16. The molecule has 0 atom stereocenters. The van der Waals surface area contributed by atoms with Crippen molar-refractivity contribution in [3.05, 3.63) is 28.5 Å². The van der Waals surface area contributed by atoms with Crippen LogP contribution in [0.25, 0.3) is 5.65 Å². The minimum absolute atomic E-state index is 0.0814. The van der Waals surface area contributed by atoms with Gasteiger partial charge in [0, 0.05) is 23.8 Å². The molecule has 1 amide bonds. The number of aryl methyl sites for hydroxylation is 3. The van der Waals surface area contributed by atoms with Crippen LogP contribution in [0.4, 0.5) is 5.13 Å². The third-order valence-corrected chi connectivity index (χ3v) is 5.00. The first kappa shape index (κ1) is 15.0. The fraction of sp³-hybridized carbons (Fsp3) is 0.400. The van der Waals surface area contributed by atoms with Gasteiger partial charge in [-0.25, -0.2) is 4.98 Å². The highest BCUT2D eigenvalue weighted by atomic mass is 32.1. The van der Waals surface area contributed by atoms with E-state index in [4.69, 9.17) is 4.74 Å². The fourth-order valence-electron chi connectivity index (χ4n) is 2.73. The molecule has 0 spiro atoms. The van der Waals surface area contributed by atoms with Gasteiger partial charge >= 0.3 is 0 Å². The Labute approximate surface area is 141 Å². The second-order valence-electron chi connectivity index (χ2n) is 5.55. The van der Waals surface area contributed by atoms with E-state index < -0.39 is 0 Å². The summed E-state index contributed by atoms with van der Waals surface area (Å²) in [5, 5.41) is 16.0. The van der Waals surface area contributed by atoms with Gasteiger partial charge in [-0.3, -0.25) is 4.79 Å². The first-order chi connectivity index (χ1) is 11.7. The average molecular weight is 344 g/mol. The van der Waals surface area contributed by atoms with Gasteiger partial charge in [0.15, 0.2) is 16.6 Å². The topological polar surface area (TPSA) is 94.3 Å². The molecule has 1 aliphatic carbocycles. The number of aromatic nitrogens is 5. The van der Waals surface area contributed by atoms with Crippen LogP contribution in [0.15, 0.2) is 12.1 Å². The van der Waals surface area contributed by atoms with Crippen LogP contribution in [0.5, 0.6) is 5.88 Å². The number of carbonyl (C=O) groups is 1. The van der Waals surface area contributed by atoms with E-state index in [-0.39, 0.29) is 5.91 Å². The Morgan fingerprint density at radius 2 is 2.29 bits per heavy atom. The molecule has 3 heterocycles. The Morgan fingerprint density at radius 3 is 3.12 bits per heavy atom. The fourth-order valence-corrected chi connectivity index (χ4v) is 3.80. The smallest absolute Gasteiger partial charge is 0.231 e. The summed E-state index contributed by atoms with van der Waals surface area (Å²) in [6, 6.07) is 3.50. The summed E-state index contributed by atoms with van der Waals surface area (Å²) in [5.74, 6) is 1.02. The summed E-state index contributed by atoms with van der Waals surface area (Å²) in [7, 11) is 1.55. The highest BCUT2D eigenvalue weighted by molar-refractivity contribution is 7.15. The van der Waals surface area contributed by atoms with E-state index >= 15 is 0 Å². The van der Waals surface area contributed by atoms with Crippen LogP contribution < -0.4 is 10.1 Å². The lowest BCUT2D eigenvalue weighted by molar-refractivity contribution is -0.116. The predicted molar refractivity (Wildman–Crippen MR) is 88.4 cm³/mol. The van der Waals surface area contributed by atoms with Crippen molar-refractivity contribution in [2.24, 2.45) is 0 Å². The minimum Gasteiger partial charge on any atom is -0.480 e. The molecule has 0 saturated heterocycles. The molecule has 9 heteroatoms. The number of amides is 1. The quantitative estimate of drug-likeness (QED) is 0.756. The van der Waals surface area contributed by atoms with Crippen molar-refractivity contribution in [2.75, 3.05) is 12.4 Å². The number of hydrogen-bond donors (Lipinski definition) is 1. The molecule has 0 bridgehead atoms. The third-order valence-electron chi connectivity index (χ3n) is 3.93. The zero-order valence-corrected chi connectivity index (χ0v) is 14.0. The van der Waals surface area contributed by atoms with Crippen LogP contribution in [0, 0.1) is 0 Å². The Bertz CT molecular complexity index is 881. The van der Waals surface area contributed by atoms with Crippen molar-refractivity contribution in [1.29, 1.82) is 0 Å². The van der Waals surface area contributed by atoms with Gasteiger partial charge < -0.3 is 10.1 Å². The number of nitrogens with zero attached hydrogens (tertiary/aromatic N) is 5. The number of thiazole rings is 1. The van der Waals surface area contributed by atoms with Gasteiger partial charge in [0.25, 0.3) is 0 Å². The molecule has 0 unspecified atom stereocenters. The first-order valence-corrected chi connectivity index (χ1v) is 8.58. The predicted octanol–water partition coefficient (Wildman–Crippen LogP) is 1.65. The molecule has 0 radical (unpaired) electrons. The molecule has 0 aromatic carbocycles. The summed E-state index contributed by atoms with van der Waals surface area (Å²) >= 11 is 1.58. The molecule has 3 aromatic rings. The second-order valence-corrected chi connectivity index (χ2v) is 6.64. The van der Waals surface area contributed by atoms with Gasteiger partial charge in [-0.15, -0.1) is 26.6 Å². The molecule has 0 aliphatic heterocycles. The van der Waals surface area contributed by atoms with E-state index in [1.807, 2.05) is 0 Å². The number of methoxy groups -OCH3 is 1. The number of carbonyl (C=O) groups excluding carboxylic acids is 1. The first-order valence-electron chi connectivity index (χ1n) is 7.76. The number of rotatable bonds is 5. The molecule has 0 saturated carbocycles. The lowest BCUT2D eigenvalue weighted by Crippen LogP contribution is -2.13. The maximum atomic E-state index is 12.1. The van der Waals surface area contributed by atoms with Gasteiger partial charge in [0.05, 0.1) is 12.8 Å². The highest BCUT2D eigenvalue weighted by Crippen LogP contribution is 2.30. The van der Waals surface area contributed by atoms with Crippen molar-refractivity contribution in [3.8, 4) is 5.88 Å². The largest absolute Gasteiger partial charge is 0.480 e. The maximum absolute atomic E-state index is 12.1. The zero-order valence-electron chi connectivity index (χ0n) is 13.2. The van der Waals surface area contributed by atoms with E-state index in [9.17, 15) is 4.79 Å². The molecule has 4 rings (SSSR count). The van der Waals surface area contributed by atoms with E-state index in [2.05, 4.69) is 25.6 Å². The Hall–Kier alpha value is -2.55. The van der Waals surface area contributed by atoms with Crippen molar-refractivity contribution < 1.29 is 9.53 Å². The third kappa shape index (κ3) is 2.82. The van der Waals surface area contributed by atoms with Crippen molar-refractivity contribution in [1.82, 2.24) is 24.8 Å². The molecule has 1 aliphatic rings. The van der Waals surface area contributed by atoms with Crippen molar-refractivity contribution >= 4 is 28.0 Å². The number of anilines is 1. The average Bonchev–Trinajstić information content (AvgIpc) is 3.26. The standard InChI is InChI=1S/C15H16N6O2S/c1-23-14-8-6-12-19-18-11(21(12)20-14)5-7-13(22)17-15-16-9-3-2-4-10(9)24-15/h6,8H,2-5,7H2,1H3,(H,16,17,22). The van der Waals surface area contributed by atoms with Crippen LogP contribution in [0.2, 0.25) is 0 Å². The molecule has 3 aromatic heterocycles. The Morgan fingerprint density at radius 1 is 1.38 bits per heavy atom. The van der Waals surface area contributed by atoms with Crippen LogP contribution >= 0.6 is 11.3 Å². The molecule has 0 fully saturated rings. The maximum Gasteiger partial charge on any atom is 0.231 e. The van der Waals surface area contributed by atoms with Gasteiger partial charge in [0.1, 0.15) is 0 Å². The monoisotopic (exact) mass is 344 g/mol. The van der Waals surface area contributed by atoms with Crippen LogP contribution in [-0.2, 0) is 24.1 Å². The molecular formula is C15H16N6O2S. The molecule has 1 N–H and O–H groups in total. The Balaban J connectivity index is 1.41. The van der Waals surface area contributed by atoms with Gasteiger partial charge in [-0.2, -0.15) is 4.52 Å². The highest BCUT2D eigenvalue weighted by Gasteiger charge is 2.18. The van der Waals surface area contributed by atoms with Crippen molar-refractivity contribution in [2.45, 2.75) is 32.1 Å². The van der Waals surface area contributed by atoms with Crippen LogP contribution in [0.1, 0.15) is 29.2 Å². The van der Waals surface area contributed by atoms with E-state index in [1.165, 1.54) is 11.3 Å². The van der Waals surface area contributed by atoms with Gasteiger partial charge in [-0.1, -0.05) is 0 Å². The van der Waals surface area contributed by atoms with Crippen LogP contribution in [-0.4, -0.2) is 37.8 Å². The van der Waals surface area contributed by atoms with Crippen LogP contribution in [0.3, 0.4) is 0 Å². The van der Waals surface area contributed by atoms with Crippen molar-refractivity contribution in [3.63, 3.8) is 0 Å². The van der Waals surface area contributed by atoms with E-state index in [0.29, 0.717) is 35.3 Å². The number of ether oxygens (including phenoxy) is 1. The normalized spacial score (nSPS) is 13.2. The summed E-state index contributed by atoms with van der Waals surface area (Å²) in [4.78, 5) is 17.9. The van der Waals surface area contributed by atoms with E-state index in [0.717, 1.165) is 18.5 Å². The Kier molecular flexibility index (Phi) is 3.85. The zero-order chi connectivity index (χ0) is 16.5. The summed E-state index contributed by atoms with van der Waals surface area (Å²) < 4.78 is 6.71. The molecule has 8 nitrogen and oxygen atoms in total. The SMILES string of the molecule is COc1ccc2nnc(CCC(=O)Nc3nc4c(s3)CCC4)n2n1. The summed E-state index contributed by atoms with van der Waals surface area (Å²) in [5.41, 5.74) is 1.76. The minimum atomic E-state index is -0.0814. The summed E-state index contributed by atoms with van der Waals surface area (Å²) in [6.07, 6.45) is 3.99. The van der Waals surface area contributed by atoms with Gasteiger partial charge in [-0.05, 0) is 25.3 Å². The van der Waals surface area contributed by atoms with Gasteiger partial charge in [0.2, 0.25) is 11.8 Å². The van der Waals surface area contributed by atoms with E-state index in [1.54, 1.807) is 35.1 Å². The lowest BCUT2D eigenvalue weighted by Gasteiger charge is -2.02. The molecule has 24 heavy (non-hydrogen) atoms. The molecular weight excluding hydrogens is 328 g/mol. The number of hydrogen-bond acceptors (Lipinski definition) is 7. The molecule has 124 valence electrons.